The molecule has 0 aromatic carbocycles. The van der Waals surface area contributed by atoms with E-state index in [1.54, 1.807) is 6.20 Å². The number of allylic oxidation sites excluding steroid dienone is 2. The van der Waals surface area contributed by atoms with Gasteiger partial charge in [0.05, 0.1) is 0 Å². The average molecular weight is 235 g/mol. The lowest BCUT2D eigenvalue weighted by Gasteiger charge is -2.34. The molecule has 0 aliphatic heterocycles. The quantitative estimate of drug-likeness (QED) is 0.699. The standard InChI is InChI=1S/C12H19N3.C2H6/c1-7-11(8-13)14-9-10(2)15(6)12(3,4)5;1-2/h7,9H,1H2,2-6H3;1-2H3/b10-9+,14-11?;. The van der Waals surface area contributed by atoms with Crippen LogP contribution in [-0.2, 0) is 0 Å². The summed E-state index contributed by atoms with van der Waals surface area (Å²) in [7, 11) is 2.00. The zero-order chi connectivity index (χ0) is 14.1. The van der Waals surface area contributed by atoms with E-state index < -0.39 is 0 Å². The van der Waals surface area contributed by atoms with Crippen molar-refractivity contribution in [2.75, 3.05) is 7.05 Å². The van der Waals surface area contributed by atoms with Crippen molar-refractivity contribution >= 4 is 5.71 Å². The Labute approximate surface area is 106 Å². The molecule has 0 unspecified atom stereocenters. The highest BCUT2D eigenvalue weighted by Gasteiger charge is 2.16. The summed E-state index contributed by atoms with van der Waals surface area (Å²) in [5.74, 6) is 0. The number of rotatable bonds is 3. The van der Waals surface area contributed by atoms with Gasteiger partial charge in [-0.25, -0.2) is 4.99 Å². The van der Waals surface area contributed by atoms with Crippen molar-refractivity contribution < 1.29 is 0 Å². The second-order valence-electron chi connectivity index (χ2n) is 4.33. The van der Waals surface area contributed by atoms with E-state index >= 15 is 0 Å². The molecule has 0 atom stereocenters. The summed E-state index contributed by atoms with van der Waals surface area (Å²) in [5.41, 5.74) is 1.39. The fraction of sp³-hybridized carbons (Fsp3) is 0.571. The van der Waals surface area contributed by atoms with E-state index in [4.69, 9.17) is 5.26 Å². The normalized spacial score (nSPS) is 12.1. The van der Waals surface area contributed by atoms with Gasteiger partial charge >= 0.3 is 0 Å². The van der Waals surface area contributed by atoms with Gasteiger partial charge in [0.25, 0.3) is 0 Å². The molecule has 0 amide bonds. The van der Waals surface area contributed by atoms with E-state index in [2.05, 4.69) is 37.2 Å². The molecule has 0 bridgehead atoms. The summed E-state index contributed by atoms with van der Waals surface area (Å²) < 4.78 is 0. The minimum Gasteiger partial charge on any atom is -0.372 e. The molecule has 0 fully saturated rings. The molecule has 0 aliphatic rings. The zero-order valence-electron chi connectivity index (χ0n) is 12.2. The van der Waals surface area contributed by atoms with Gasteiger partial charge in [-0.05, 0) is 33.8 Å². The Hall–Kier alpha value is -1.56. The zero-order valence-corrected chi connectivity index (χ0v) is 12.2. The summed E-state index contributed by atoms with van der Waals surface area (Å²) in [4.78, 5) is 6.13. The van der Waals surface area contributed by atoms with Gasteiger partial charge in [0.15, 0.2) is 0 Å². The molecule has 3 nitrogen and oxygen atoms in total. The first-order valence-corrected chi connectivity index (χ1v) is 5.84. The second kappa shape index (κ2) is 8.58. The Morgan fingerprint density at radius 2 is 1.82 bits per heavy atom. The van der Waals surface area contributed by atoms with Crippen LogP contribution in [0.4, 0.5) is 0 Å². The third-order valence-corrected chi connectivity index (χ3v) is 2.23. The van der Waals surface area contributed by atoms with Gasteiger partial charge in [-0.1, -0.05) is 20.4 Å². The van der Waals surface area contributed by atoms with Crippen molar-refractivity contribution in [3.05, 3.63) is 24.6 Å². The Morgan fingerprint density at radius 3 is 2.12 bits per heavy atom. The maximum absolute atomic E-state index is 8.64. The predicted molar refractivity (Wildman–Crippen MR) is 75.9 cm³/mol. The van der Waals surface area contributed by atoms with E-state index in [1.165, 1.54) is 6.08 Å². The van der Waals surface area contributed by atoms with Crippen molar-refractivity contribution in [2.45, 2.75) is 47.1 Å². The molecule has 96 valence electrons. The maximum atomic E-state index is 8.64. The highest BCUT2D eigenvalue weighted by atomic mass is 15.2. The van der Waals surface area contributed by atoms with Crippen LogP contribution in [-0.4, -0.2) is 23.2 Å². The first-order chi connectivity index (χ1) is 7.82. The van der Waals surface area contributed by atoms with Crippen molar-refractivity contribution in [3.63, 3.8) is 0 Å². The van der Waals surface area contributed by atoms with Crippen LogP contribution >= 0.6 is 0 Å². The average Bonchev–Trinajstić information content (AvgIpc) is 2.30. The summed E-state index contributed by atoms with van der Waals surface area (Å²) in [6.07, 6.45) is 3.13. The highest BCUT2D eigenvalue weighted by Crippen LogP contribution is 2.16. The summed E-state index contributed by atoms with van der Waals surface area (Å²) in [5, 5.41) is 8.64. The van der Waals surface area contributed by atoms with Crippen LogP contribution in [0.3, 0.4) is 0 Å². The molecule has 0 rings (SSSR count). The number of nitrogens with zero attached hydrogens (tertiary/aromatic N) is 3. The van der Waals surface area contributed by atoms with E-state index in [9.17, 15) is 0 Å². The Morgan fingerprint density at radius 1 is 1.35 bits per heavy atom. The van der Waals surface area contributed by atoms with Gasteiger partial charge in [0.2, 0.25) is 0 Å². The molecular weight excluding hydrogens is 210 g/mol. The summed E-state index contributed by atoms with van der Waals surface area (Å²) in [6.45, 7) is 15.8. The Balaban J connectivity index is 0. The van der Waals surface area contributed by atoms with Gasteiger partial charge in [-0.2, -0.15) is 5.26 Å². The van der Waals surface area contributed by atoms with E-state index in [1.807, 2.05) is 33.9 Å². The largest absolute Gasteiger partial charge is 0.372 e. The van der Waals surface area contributed by atoms with Crippen LogP contribution in [0.25, 0.3) is 0 Å². The van der Waals surface area contributed by atoms with Crippen LogP contribution < -0.4 is 0 Å². The third kappa shape index (κ3) is 7.35. The van der Waals surface area contributed by atoms with E-state index in [0.29, 0.717) is 5.71 Å². The maximum Gasteiger partial charge on any atom is 0.139 e. The predicted octanol–water partition coefficient (Wildman–Crippen LogP) is 3.75. The van der Waals surface area contributed by atoms with Gasteiger partial charge in [0.1, 0.15) is 11.8 Å². The minimum absolute atomic E-state index is 0.0527. The summed E-state index contributed by atoms with van der Waals surface area (Å²) in [6, 6.07) is 1.95. The number of hydrogen-bond acceptors (Lipinski definition) is 3. The molecule has 0 heterocycles. The van der Waals surface area contributed by atoms with Crippen LogP contribution in [0.15, 0.2) is 29.5 Å². The molecule has 3 heteroatoms. The van der Waals surface area contributed by atoms with Crippen LogP contribution in [0.1, 0.15) is 41.5 Å². The lowest BCUT2D eigenvalue weighted by atomic mass is 10.1. The molecule has 0 spiro atoms. The Kier molecular flexibility index (Phi) is 8.99. The fourth-order valence-electron chi connectivity index (χ4n) is 0.906. The van der Waals surface area contributed by atoms with Crippen LogP contribution in [0.2, 0.25) is 0 Å². The van der Waals surface area contributed by atoms with E-state index in [0.717, 1.165) is 5.70 Å². The van der Waals surface area contributed by atoms with Crippen LogP contribution in [0.5, 0.6) is 0 Å². The number of hydrogen-bond donors (Lipinski definition) is 0. The molecule has 0 saturated heterocycles. The van der Waals surface area contributed by atoms with Crippen LogP contribution in [0, 0.1) is 11.3 Å². The molecule has 0 aliphatic carbocycles. The molecule has 0 radical (unpaired) electrons. The van der Waals surface area contributed by atoms with Crippen molar-refractivity contribution in [3.8, 4) is 6.07 Å². The first-order valence-electron chi connectivity index (χ1n) is 5.84. The number of aliphatic imine (C=N–C) groups is 1. The topological polar surface area (TPSA) is 39.4 Å². The molecule has 0 aromatic rings. The fourth-order valence-corrected chi connectivity index (χ4v) is 0.906. The third-order valence-electron chi connectivity index (χ3n) is 2.23. The first kappa shape index (κ1) is 17.8. The highest BCUT2D eigenvalue weighted by molar-refractivity contribution is 6.07. The van der Waals surface area contributed by atoms with Gasteiger partial charge < -0.3 is 4.90 Å². The van der Waals surface area contributed by atoms with Crippen molar-refractivity contribution in [1.29, 1.82) is 5.26 Å². The lowest BCUT2D eigenvalue weighted by molar-refractivity contribution is 0.228. The van der Waals surface area contributed by atoms with Crippen molar-refractivity contribution in [2.24, 2.45) is 4.99 Å². The smallest absolute Gasteiger partial charge is 0.139 e. The van der Waals surface area contributed by atoms with Crippen molar-refractivity contribution in [1.82, 2.24) is 4.90 Å². The monoisotopic (exact) mass is 235 g/mol. The minimum atomic E-state index is 0.0527. The number of nitriles is 1. The van der Waals surface area contributed by atoms with E-state index in [-0.39, 0.29) is 5.54 Å². The summed E-state index contributed by atoms with van der Waals surface area (Å²) >= 11 is 0. The Bertz CT molecular complexity index is 324. The van der Waals surface area contributed by atoms with Gasteiger partial charge in [-0.3, -0.25) is 0 Å². The van der Waals surface area contributed by atoms with Gasteiger partial charge in [-0.15, -0.1) is 0 Å². The lowest BCUT2D eigenvalue weighted by Crippen LogP contribution is -2.36. The van der Waals surface area contributed by atoms with Gasteiger partial charge in [0, 0.05) is 24.5 Å². The molecule has 0 saturated carbocycles. The molecular formula is C14H25N3. The second-order valence-corrected chi connectivity index (χ2v) is 4.33. The SMILES string of the molecule is C=CC(C#N)=N/C=C(\C)N(C)C(C)(C)C.CC. The molecule has 0 aromatic heterocycles. The molecule has 17 heavy (non-hydrogen) atoms. The molecule has 0 N–H and O–H groups in total.